The Morgan fingerprint density at radius 2 is 2.44 bits per heavy atom. The SMILES string of the molecule is C=CCNC(=O)[C@H]1C=CCN1C(=O)c1cccs1. The summed E-state index contributed by atoms with van der Waals surface area (Å²) in [5.74, 6) is -0.276. The predicted octanol–water partition coefficient (Wildman–Crippen LogP) is 1.43. The highest BCUT2D eigenvalue weighted by atomic mass is 32.1. The van der Waals surface area contributed by atoms with E-state index in [-0.39, 0.29) is 11.8 Å². The van der Waals surface area contributed by atoms with E-state index in [1.54, 1.807) is 23.1 Å². The number of rotatable bonds is 4. The van der Waals surface area contributed by atoms with Gasteiger partial charge < -0.3 is 10.2 Å². The van der Waals surface area contributed by atoms with Gasteiger partial charge >= 0.3 is 0 Å². The van der Waals surface area contributed by atoms with Gasteiger partial charge in [0, 0.05) is 13.1 Å². The lowest BCUT2D eigenvalue weighted by molar-refractivity contribution is -0.123. The van der Waals surface area contributed by atoms with Crippen LogP contribution in [0, 0.1) is 0 Å². The highest BCUT2D eigenvalue weighted by Crippen LogP contribution is 2.18. The lowest BCUT2D eigenvalue weighted by atomic mass is 10.2. The number of carbonyl (C=O) groups excluding carboxylic acids is 2. The Morgan fingerprint density at radius 3 is 3.11 bits per heavy atom. The molecule has 1 N–H and O–H groups in total. The molecule has 2 heterocycles. The molecule has 0 radical (unpaired) electrons. The van der Waals surface area contributed by atoms with Crippen molar-refractivity contribution in [2.24, 2.45) is 0 Å². The van der Waals surface area contributed by atoms with Crippen LogP contribution in [0.4, 0.5) is 0 Å². The summed E-state index contributed by atoms with van der Waals surface area (Å²) >= 11 is 1.38. The van der Waals surface area contributed by atoms with Crippen LogP contribution in [0.5, 0.6) is 0 Å². The molecule has 1 aliphatic heterocycles. The summed E-state index contributed by atoms with van der Waals surface area (Å²) in [5.41, 5.74) is 0. The van der Waals surface area contributed by atoms with Gasteiger partial charge in [-0.2, -0.15) is 0 Å². The molecule has 4 nitrogen and oxygen atoms in total. The summed E-state index contributed by atoms with van der Waals surface area (Å²) in [6, 6.07) is 3.08. The molecule has 0 bridgehead atoms. The summed E-state index contributed by atoms with van der Waals surface area (Å²) in [5, 5.41) is 4.56. The molecule has 0 fully saturated rings. The zero-order valence-corrected chi connectivity index (χ0v) is 10.7. The summed E-state index contributed by atoms with van der Waals surface area (Å²) in [6.45, 7) is 4.42. The molecule has 94 valence electrons. The smallest absolute Gasteiger partial charge is 0.265 e. The second kappa shape index (κ2) is 5.64. The molecular weight excluding hydrogens is 248 g/mol. The molecular formula is C13H14N2O2S. The molecule has 0 spiro atoms. The third kappa shape index (κ3) is 2.51. The first-order valence-electron chi connectivity index (χ1n) is 5.64. The van der Waals surface area contributed by atoms with Crippen LogP contribution < -0.4 is 5.32 Å². The fourth-order valence-corrected chi connectivity index (χ4v) is 2.46. The quantitative estimate of drug-likeness (QED) is 0.835. The standard InChI is InChI=1S/C13H14N2O2S/c1-2-7-14-12(16)10-5-3-8-15(10)13(17)11-6-4-9-18-11/h2-6,9-10H,1,7-8H2,(H,14,16)/t10-/m1/s1. The maximum atomic E-state index is 12.2. The maximum absolute atomic E-state index is 12.2. The summed E-state index contributed by atoms with van der Waals surface area (Å²) in [4.78, 5) is 26.3. The van der Waals surface area contributed by atoms with Crippen LogP contribution in [0.2, 0.25) is 0 Å². The molecule has 0 aromatic carbocycles. The van der Waals surface area contributed by atoms with Crippen LogP contribution in [-0.2, 0) is 4.79 Å². The highest BCUT2D eigenvalue weighted by Gasteiger charge is 2.30. The van der Waals surface area contributed by atoms with E-state index in [2.05, 4.69) is 11.9 Å². The van der Waals surface area contributed by atoms with Crippen molar-refractivity contribution in [3.63, 3.8) is 0 Å². The lowest BCUT2D eigenvalue weighted by Gasteiger charge is -2.23. The van der Waals surface area contributed by atoms with Gasteiger partial charge in [-0.3, -0.25) is 9.59 Å². The Morgan fingerprint density at radius 1 is 1.61 bits per heavy atom. The number of nitrogens with one attached hydrogen (secondary N) is 1. The van der Waals surface area contributed by atoms with Gasteiger partial charge in [0.25, 0.3) is 5.91 Å². The lowest BCUT2D eigenvalue weighted by Crippen LogP contribution is -2.46. The topological polar surface area (TPSA) is 49.4 Å². The normalized spacial score (nSPS) is 17.8. The van der Waals surface area contributed by atoms with Crippen molar-refractivity contribution in [3.8, 4) is 0 Å². The number of hydrogen-bond acceptors (Lipinski definition) is 3. The number of thiophene rings is 1. The molecule has 0 saturated heterocycles. The van der Waals surface area contributed by atoms with E-state index < -0.39 is 6.04 Å². The second-order valence-electron chi connectivity index (χ2n) is 3.84. The van der Waals surface area contributed by atoms with Gasteiger partial charge in [-0.15, -0.1) is 17.9 Å². The molecule has 0 unspecified atom stereocenters. The minimum Gasteiger partial charge on any atom is -0.351 e. The third-order valence-corrected chi connectivity index (χ3v) is 3.50. The van der Waals surface area contributed by atoms with Crippen molar-refractivity contribution in [3.05, 3.63) is 47.2 Å². The van der Waals surface area contributed by atoms with Crippen molar-refractivity contribution in [2.45, 2.75) is 6.04 Å². The van der Waals surface area contributed by atoms with Crippen molar-refractivity contribution in [2.75, 3.05) is 13.1 Å². The Labute approximate surface area is 110 Å². The first-order chi connectivity index (χ1) is 8.74. The van der Waals surface area contributed by atoms with Crippen LogP contribution in [-0.4, -0.2) is 35.8 Å². The minimum absolute atomic E-state index is 0.103. The van der Waals surface area contributed by atoms with E-state index in [4.69, 9.17) is 0 Å². The molecule has 1 atom stereocenters. The van der Waals surface area contributed by atoms with Gasteiger partial charge in [0.1, 0.15) is 6.04 Å². The first-order valence-corrected chi connectivity index (χ1v) is 6.51. The van der Waals surface area contributed by atoms with Gasteiger partial charge in [-0.05, 0) is 11.4 Å². The molecule has 1 aromatic heterocycles. The van der Waals surface area contributed by atoms with E-state index in [1.165, 1.54) is 11.3 Å². The van der Waals surface area contributed by atoms with E-state index in [0.717, 1.165) is 0 Å². The Balaban J connectivity index is 2.07. The van der Waals surface area contributed by atoms with Crippen LogP contribution in [0.15, 0.2) is 42.3 Å². The van der Waals surface area contributed by atoms with Gasteiger partial charge in [0.15, 0.2) is 0 Å². The molecule has 1 aliphatic rings. The van der Waals surface area contributed by atoms with Crippen LogP contribution >= 0.6 is 11.3 Å². The van der Waals surface area contributed by atoms with Gasteiger partial charge in [0.05, 0.1) is 4.88 Å². The number of amides is 2. The molecule has 1 aromatic rings. The second-order valence-corrected chi connectivity index (χ2v) is 4.79. The molecule has 0 aliphatic carbocycles. The zero-order valence-electron chi connectivity index (χ0n) is 9.83. The highest BCUT2D eigenvalue weighted by molar-refractivity contribution is 7.12. The molecule has 2 amide bonds. The number of hydrogen-bond donors (Lipinski definition) is 1. The monoisotopic (exact) mass is 262 g/mol. The van der Waals surface area contributed by atoms with E-state index in [0.29, 0.717) is 18.0 Å². The number of carbonyl (C=O) groups is 2. The summed E-state index contributed by atoms with van der Waals surface area (Å²) in [7, 11) is 0. The van der Waals surface area contributed by atoms with Crippen molar-refractivity contribution in [1.82, 2.24) is 10.2 Å². The first kappa shape index (κ1) is 12.6. The van der Waals surface area contributed by atoms with Crippen LogP contribution in [0.1, 0.15) is 9.67 Å². The third-order valence-electron chi connectivity index (χ3n) is 2.64. The molecule has 2 rings (SSSR count). The molecule has 0 saturated carbocycles. The van der Waals surface area contributed by atoms with Crippen LogP contribution in [0.3, 0.4) is 0 Å². The number of nitrogens with zero attached hydrogens (tertiary/aromatic N) is 1. The Kier molecular flexibility index (Phi) is 3.94. The predicted molar refractivity (Wildman–Crippen MR) is 71.5 cm³/mol. The average Bonchev–Trinajstić information content (AvgIpc) is 3.04. The van der Waals surface area contributed by atoms with Crippen molar-refractivity contribution >= 4 is 23.2 Å². The van der Waals surface area contributed by atoms with Crippen molar-refractivity contribution in [1.29, 1.82) is 0 Å². The fraction of sp³-hybridized carbons (Fsp3) is 0.231. The minimum atomic E-state index is -0.514. The van der Waals surface area contributed by atoms with E-state index in [1.807, 2.05) is 17.5 Å². The van der Waals surface area contributed by atoms with Crippen LogP contribution in [0.25, 0.3) is 0 Å². The van der Waals surface area contributed by atoms with Gasteiger partial charge in [0.2, 0.25) is 5.91 Å². The van der Waals surface area contributed by atoms with Gasteiger partial charge in [-0.25, -0.2) is 0 Å². The fourth-order valence-electron chi connectivity index (χ4n) is 1.78. The molecule has 5 heteroatoms. The van der Waals surface area contributed by atoms with E-state index >= 15 is 0 Å². The summed E-state index contributed by atoms with van der Waals surface area (Å²) < 4.78 is 0. The van der Waals surface area contributed by atoms with Gasteiger partial charge in [-0.1, -0.05) is 24.3 Å². The summed E-state index contributed by atoms with van der Waals surface area (Å²) in [6.07, 6.45) is 5.20. The maximum Gasteiger partial charge on any atom is 0.265 e. The molecule has 18 heavy (non-hydrogen) atoms. The van der Waals surface area contributed by atoms with Crippen molar-refractivity contribution < 1.29 is 9.59 Å². The Hall–Kier alpha value is -1.88. The average molecular weight is 262 g/mol. The largest absolute Gasteiger partial charge is 0.351 e. The Bertz CT molecular complexity index is 479. The zero-order chi connectivity index (χ0) is 13.0. The van der Waals surface area contributed by atoms with E-state index in [9.17, 15) is 9.59 Å².